The van der Waals surface area contributed by atoms with Crippen molar-refractivity contribution in [3.05, 3.63) is 64.4 Å². The van der Waals surface area contributed by atoms with Gasteiger partial charge in [-0.2, -0.15) is 0 Å². The predicted molar refractivity (Wildman–Crippen MR) is 100 cm³/mol. The number of nitrogens with one attached hydrogen (secondary N) is 1. The van der Waals surface area contributed by atoms with Gasteiger partial charge in [-0.25, -0.2) is 0 Å². The summed E-state index contributed by atoms with van der Waals surface area (Å²) in [7, 11) is 0. The van der Waals surface area contributed by atoms with E-state index < -0.39 is 0 Å². The number of nitrogens with zero attached hydrogens (tertiary/aromatic N) is 3. The van der Waals surface area contributed by atoms with Gasteiger partial charge in [0.25, 0.3) is 11.8 Å². The zero-order valence-electron chi connectivity index (χ0n) is 14.6. The van der Waals surface area contributed by atoms with Crippen molar-refractivity contribution in [3.8, 4) is 0 Å². The normalized spacial score (nSPS) is 14.0. The van der Waals surface area contributed by atoms with E-state index in [0.29, 0.717) is 36.8 Å². The lowest BCUT2D eigenvalue weighted by molar-refractivity contribution is -0.119. The van der Waals surface area contributed by atoms with E-state index in [2.05, 4.69) is 10.3 Å². The van der Waals surface area contributed by atoms with Gasteiger partial charge in [0, 0.05) is 49.5 Å². The Morgan fingerprint density at radius 1 is 1.15 bits per heavy atom. The van der Waals surface area contributed by atoms with Crippen molar-refractivity contribution in [2.45, 2.75) is 6.54 Å². The summed E-state index contributed by atoms with van der Waals surface area (Å²) in [5.74, 6) is -0.557. The zero-order valence-corrected chi connectivity index (χ0v) is 15.4. The van der Waals surface area contributed by atoms with Crippen molar-refractivity contribution in [1.82, 2.24) is 20.1 Å². The monoisotopic (exact) mass is 386 g/mol. The number of benzene rings is 1. The highest BCUT2D eigenvalue weighted by Gasteiger charge is 2.22. The molecule has 2 aromatic rings. The first kappa shape index (κ1) is 18.8. The fraction of sp³-hybridized carbons (Fsp3) is 0.263. The van der Waals surface area contributed by atoms with Gasteiger partial charge in [-0.05, 0) is 23.8 Å². The Morgan fingerprint density at radius 2 is 1.89 bits per heavy atom. The third-order valence-electron chi connectivity index (χ3n) is 4.39. The molecular formula is C19H19ClN4O3. The van der Waals surface area contributed by atoms with Gasteiger partial charge in [-0.1, -0.05) is 29.8 Å². The van der Waals surface area contributed by atoms with Crippen molar-refractivity contribution in [2.24, 2.45) is 0 Å². The third-order valence-corrected chi connectivity index (χ3v) is 4.76. The SMILES string of the molecule is O=CN1CCN(C(=O)c2ccnc(C(=O)NCc3ccccc3Cl)c2)CC1. The number of pyridine rings is 1. The van der Waals surface area contributed by atoms with Crippen LogP contribution in [0.3, 0.4) is 0 Å². The first-order chi connectivity index (χ1) is 13.1. The van der Waals surface area contributed by atoms with Crippen molar-refractivity contribution in [2.75, 3.05) is 26.2 Å². The van der Waals surface area contributed by atoms with Crippen LogP contribution < -0.4 is 5.32 Å². The van der Waals surface area contributed by atoms with Crippen LogP contribution in [0.25, 0.3) is 0 Å². The summed E-state index contributed by atoms with van der Waals surface area (Å²) in [6, 6.07) is 10.3. The van der Waals surface area contributed by atoms with E-state index in [1.165, 1.54) is 12.3 Å². The van der Waals surface area contributed by atoms with Crippen LogP contribution in [0.5, 0.6) is 0 Å². The molecule has 0 radical (unpaired) electrons. The molecule has 3 rings (SSSR count). The summed E-state index contributed by atoms with van der Waals surface area (Å²) in [6.45, 7) is 2.21. The van der Waals surface area contributed by atoms with E-state index in [1.807, 2.05) is 18.2 Å². The highest BCUT2D eigenvalue weighted by atomic mass is 35.5. The Balaban J connectivity index is 1.64. The van der Waals surface area contributed by atoms with Gasteiger partial charge in [0.2, 0.25) is 6.41 Å². The second-order valence-electron chi connectivity index (χ2n) is 6.14. The quantitative estimate of drug-likeness (QED) is 0.791. The Kier molecular flexibility index (Phi) is 6.03. The standard InChI is InChI=1S/C19H19ClN4O3/c20-16-4-2-1-3-15(16)12-22-18(26)17-11-14(5-6-21-17)19(27)24-9-7-23(13-25)8-10-24/h1-6,11,13H,7-10,12H2,(H,22,26). The molecular weight excluding hydrogens is 368 g/mol. The summed E-state index contributed by atoms with van der Waals surface area (Å²) in [6.07, 6.45) is 2.23. The lowest BCUT2D eigenvalue weighted by Gasteiger charge is -2.32. The number of aromatic nitrogens is 1. The molecule has 1 aliphatic rings. The lowest BCUT2D eigenvalue weighted by atomic mass is 10.1. The van der Waals surface area contributed by atoms with Crippen molar-refractivity contribution < 1.29 is 14.4 Å². The summed E-state index contributed by atoms with van der Waals surface area (Å²) in [5.41, 5.74) is 1.36. The molecule has 7 nitrogen and oxygen atoms in total. The second kappa shape index (κ2) is 8.64. The van der Waals surface area contributed by atoms with Crippen LogP contribution in [0.2, 0.25) is 5.02 Å². The van der Waals surface area contributed by atoms with Gasteiger partial charge in [0.15, 0.2) is 0 Å². The van der Waals surface area contributed by atoms with Crippen LogP contribution in [0, 0.1) is 0 Å². The largest absolute Gasteiger partial charge is 0.347 e. The molecule has 3 amide bonds. The molecule has 0 aliphatic carbocycles. The van der Waals surface area contributed by atoms with Gasteiger partial charge in [-0.3, -0.25) is 19.4 Å². The summed E-state index contributed by atoms with van der Waals surface area (Å²) >= 11 is 6.08. The maximum absolute atomic E-state index is 12.6. The average Bonchev–Trinajstić information content (AvgIpc) is 2.72. The first-order valence-electron chi connectivity index (χ1n) is 8.55. The Labute approximate surface area is 161 Å². The molecule has 0 saturated carbocycles. The highest BCUT2D eigenvalue weighted by Crippen LogP contribution is 2.15. The zero-order chi connectivity index (χ0) is 19.2. The third kappa shape index (κ3) is 4.62. The molecule has 1 aliphatic heterocycles. The van der Waals surface area contributed by atoms with Crippen LogP contribution in [0.15, 0.2) is 42.6 Å². The maximum atomic E-state index is 12.6. The predicted octanol–water partition coefficient (Wildman–Crippen LogP) is 1.58. The summed E-state index contributed by atoms with van der Waals surface area (Å²) in [5, 5.41) is 3.33. The number of piperazine rings is 1. The highest BCUT2D eigenvalue weighted by molar-refractivity contribution is 6.31. The van der Waals surface area contributed by atoms with Crippen LogP contribution in [0.4, 0.5) is 0 Å². The first-order valence-corrected chi connectivity index (χ1v) is 8.92. The van der Waals surface area contributed by atoms with E-state index in [0.717, 1.165) is 12.0 Å². The number of rotatable bonds is 5. The number of halogens is 1. The molecule has 1 aromatic heterocycles. The molecule has 0 bridgehead atoms. The molecule has 8 heteroatoms. The van der Waals surface area contributed by atoms with Gasteiger partial charge in [-0.15, -0.1) is 0 Å². The molecule has 0 unspecified atom stereocenters. The number of carbonyl (C=O) groups is 3. The van der Waals surface area contributed by atoms with Gasteiger partial charge in [0.1, 0.15) is 5.69 Å². The van der Waals surface area contributed by atoms with Gasteiger partial charge < -0.3 is 15.1 Å². The molecule has 1 N–H and O–H groups in total. The van der Waals surface area contributed by atoms with Crippen molar-refractivity contribution >= 4 is 29.8 Å². The Morgan fingerprint density at radius 3 is 2.59 bits per heavy atom. The summed E-state index contributed by atoms with van der Waals surface area (Å²) in [4.78, 5) is 43.1. The van der Waals surface area contributed by atoms with E-state index >= 15 is 0 Å². The van der Waals surface area contributed by atoms with E-state index in [4.69, 9.17) is 11.6 Å². The van der Waals surface area contributed by atoms with Gasteiger partial charge >= 0.3 is 0 Å². The van der Waals surface area contributed by atoms with Crippen LogP contribution >= 0.6 is 11.6 Å². The number of amides is 3. The molecule has 0 atom stereocenters. The number of carbonyl (C=O) groups excluding carboxylic acids is 3. The topological polar surface area (TPSA) is 82.6 Å². The second-order valence-corrected chi connectivity index (χ2v) is 6.54. The van der Waals surface area contributed by atoms with Crippen LogP contribution in [-0.4, -0.2) is 59.2 Å². The van der Waals surface area contributed by atoms with E-state index in [9.17, 15) is 14.4 Å². The van der Waals surface area contributed by atoms with Crippen LogP contribution in [-0.2, 0) is 11.3 Å². The van der Waals surface area contributed by atoms with Crippen LogP contribution in [0.1, 0.15) is 26.4 Å². The Hall–Kier alpha value is -2.93. The van der Waals surface area contributed by atoms with Gasteiger partial charge in [0.05, 0.1) is 0 Å². The fourth-order valence-electron chi connectivity index (χ4n) is 2.81. The molecule has 0 spiro atoms. The minimum Gasteiger partial charge on any atom is -0.347 e. The summed E-state index contributed by atoms with van der Waals surface area (Å²) < 4.78 is 0. The molecule has 1 fully saturated rings. The molecule has 1 aromatic carbocycles. The minimum atomic E-state index is -0.379. The van der Waals surface area contributed by atoms with Crippen molar-refractivity contribution in [3.63, 3.8) is 0 Å². The lowest BCUT2D eigenvalue weighted by Crippen LogP contribution is -2.48. The maximum Gasteiger partial charge on any atom is 0.270 e. The number of hydrogen-bond acceptors (Lipinski definition) is 4. The molecule has 1 saturated heterocycles. The Bertz CT molecular complexity index is 850. The van der Waals surface area contributed by atoms with Crippen molar-refractivity contribution in [1.29, 1.82) is 0 Å². The molecule has 140 valence electrons. The minimum absolute atomic E-state index is 0.166. The smallest absolute Gasteiger partial charge is 0.270 e. The van der Waals surface area contributed by atoms with E-state index in [1.54, 1.807) is 21.9 Å². The van der Waals surface area contributed by atoms with E-state index in [-0.39, 0.29) is 24.1 Å². The average molecular weight is 387 g/mol. The molecule has 2 heterocycles. The number of hydrogen-bond donors (Lipinski definition) is 1. The molecule has 27 heavy (non-hydrogen) atoms. The fourth-order valence-corrected chi connectivity index (χ4v) is 3.01.